The molecule has 2 heteroatoms. The highest BCUT2D eigenvalue weighted by Crippen LogP contribution is 2.43. The van der Waals surface area contributed by atoms with Crippen LogP contribution in [0.25, 0.3) is 0 Å². The Hall–Kier alpha value is -0.0900. The van der Waals surface area contributed by atoms with Crippen LogP contribution in [0.1, 0.15) is 31.2 Å². The molecule has 76 valence electrons. The van der Waals surface area contributed by atoms with Gasteiger partial charge in [-0.3, -0.25) is 0 Å². The van der Waals surface area contributed by atoms with Crippen LogP contribution in [0.3, 0.4) is 0 Å². The van der Waals surface area contributed by atoms with E-state index in [9.17, 15) is 0 Å². The SMILES string of the molecule is CCC1C(N)CC1c1ccc(I)cc1. The van der Waals surface area contributed by atoms with Gasteiger partial charge in [-0.25, -0.2) is 0 Å². The van der Waals surface area contributed by atoms with Gasteiger partial charge in [0.05, 0.1) is 0 Å². The molecule has 0 radical (unpaired) electrons. The quantitative estimate of drug-likeness (QED) is 0.835. The summed E-state index contributed by atoms with van der Waals surface area (Å²) in [5.74, 6) is 1.42. The molecule has 1 nitrogen and oxygen atoms in total. The van der Waals surface area contributed by atoms with Crippen LogP contribution in [0, 0.1) is 9.49 Å². The van der Waals surface area contributed by atoms with Gasteiger partial charge in [-0.05, 0) is 58.5 Å². The number of hydrogen-bond donors (Lipinski definition) is 1. The van der Waals surface area contributed by atoms with Crippen molar-refractivity contribution in [1.29, 1.82) is 0 Å². The maximum atomic E-state index is 5.99. The van der Waals surface area contributed by atoms with Crippen LogP contribution in [0.5, 0.6) is 0 Å². The Labute approximate surface area is 99.2 Å². The third kappa shape index (κ3) is 1.82. The first kappa shape index (κ1) is 10.4. The van der Waals surface area contributed by atoms with Crippen LogP contribution in [-0.4, -0.2) is 6.04 Å². The molecule has 2 N–H and O–H groups in total. The van der Waals surface area contributed by atoms with Crippen molar-refractivity contribution in [3.8, 4) is 0 Å². The highest BCUT2D eigenvalue weighted by Gasteiger charge is 2.37. The van der Waals surface area contributed by atoms with Crippen molar-refractivity contribution >= 4 is 22.6 Å². The van der Waals surface area contributed by atoms with E-state index in [2.05, 4.69) is 53.8 Å². The fraction of sp³-hybridized carbons (Fsp3) is 0.500. The van der Waals surface area contributed by atoms with Gasteiger partial charge in [-0.15, -0.1) is 0 Å². The number of hydrogen-bond acceptors (Lipinski definition) is 1. The Morgan fingerprint density at radius 1 is 1.36 bits per heavy atom. The summed E-state index contributed by atoms with van der Waals surface area (Å²) >= 11 is 2.34. The number of halogens is 1. The van der Waals surface area contributed by atoms with Gasteiger partial charge in [-0.2, -0.15) is 0 Å². The van der Waals surface area contributed by atoms with Crippen molar-refractivity contribution in [3.05, 3.63) is 33.4 Å². The number of nitrogens with two attached hydrogens (primary N) is 1. The minimum atomic E-state index is 0.435. The average molecular weight is 301 g/mol. The van der Waals surface area contributed by atoms with Gasteiger partial charge in [0.15, 0.2) is 0 Å². The molecule has 1 aliphatic carbocycles. The van der Waals surface area contributed by atoms with Gasteiger partial charge < -0.3 is 5.73 Å². The summed E-state index contributed by atoms with van der Waals surface area (Å²) in [5.41, 5.74) is 7.46. The van der Waals surface area contributed by atoms with E-state index in [4.69, 9.17) is 5.73 Å². The van der Waals surface area contributed by atoms with E-state index in [0.717, 1.165) is 0 Å². The van der Waals surface area contributed by atoms with Gasteiger partial charge in [0, 0.05) is 9.61 Å². The molecule has 0 spiro atoms. The molecule has 0 amide bonds. The highest BCUT2D eigenvalue weighted by atomic mass is 127. The molecule has 1 saturated carbocycles. The zero-order valence-corrected chi connectivity index (χ0v) is 10.6. The summed E-state index contributed by atoms with van der Waals surface area (Å²) in [6.45, 7) is 2.24. The van der Waals surface area contributed by atoms with E-state index in [-0.39, 0.29) is 0 Å². The lowest BCUT2D eigenvalue weighted by molar-refractivity contribution is 0.198. The van der Waals surface area contributed by atoms with E-state index >= 15 is 0 Å². The first-order valence-electron chi connectivity index (χ1n) is 5.23. The standard InChI is InChI=1S/C12H16IN/c1-2-10-11(7-12(10)14)8-3-5-9(13)6-4-8/h3-6,10-12H,2,7,14H2,1H3. The van der Waals surface area contributed by atoms with Crippen LogP contribution >= 0.6 is 22.6 Å². The first-order chi connectivity index (χ1) is 6.72. The Morgan fingerprint density at radius 2 is 2.00 bits per heavy atom. The molecular formula is C12H16IN. The van der Waals surface area contributed by atoms with Crippen molar-refractivity contribution in [2.24, 2.45) is 11.7 Å². The summed E-state index contributed by atoms with van der Waals surface area (Å²) in [4.78, 5) is 0. The molecule has 14 heavy (non-hydrogen) atoms. The predicted molar refractivity (Wildman–Crippen MR) is 68.3 cm³/mol. The Morgan fingerprint density at radius 3 is 2.50 bits per heavy atom. The molecule has 3 unspecified atom stereocenters. The van der Waals surface area contributed by atoms with Gasteiger partial charge >= 0.3 is 0 Å². The molecule has 1 aromatic rings. The molecule has 3 atom stereocenters. The van der Waals surface area contributed by atoms with E-state index in [1.165, 1.54) is 22.0 Å². The molecule has 2 rings (SSSR count). The molecule has 0 saturated heterocycles. The third-order valence-electron chi connectivity index (χ3n) is 3.36. The van der Waals surface area contributed by atoms with Gasteiger partial charge in [-0.1, -0.05) is 25.5 Å². The van der Waals surface area contributed by atoms with Crippen LogP contribution in [0.2, 0.25) is 0 Å². The summed E-state index contributed by atoms with van der Waals surface area (Å²) in [6.07, 6.45) is 2.37. The third-order valence-corrected chi connectivity index (χ3v) is 4.08. The lowest BCUT2D eigenvalue weighted by atomic mass is 9.65. The normalized spacial score (nSPS) is 31.2. The van der Waals surface area contributed by atoms with Crippen LogP contribution in [0.15, 0.2) is 24.3 Å². The molecule has 0 aromatic heterocycles. The predicted octanol–water partition coefficient (Wildman–Crippen LogP) is 3.13. The number of benzene rings is 1. The summed E-state index contributed by atoms with van der Waals surface area (Å²) in [7, 11) is 0. The minimum Gasteiger partial charge on any atom is -0.327 e. The van der Waals surface area contributed by atoms with E-state index in [1.54, 1.807) is 0 Å². The van der Waals surface area contributed by atoms with Gasteiger partial charge in [0.25, 0.3) is 0 Å². The Bertz CT molecular complexity index is 307. The second-order valence-electron chi connectivity index (χ2n) is 4.13. The molecule has 0 aliphatic heterocycles. The summed E-state index contributed by atoms with van der Waals surface area (Å²) in [5, 5.41) is 0. The van der Waals surface area contributed by atoms with Crippen LogP contribution < -0.4 is 5.73 Å². The zero-order valence-electron chi connectivity index (χ0n) is 8.41. The second kappa shape index (κ2) is 4.19. The topological polar surface area (TPSA) is 26.0 Å². The fourth-order valence-electron chi connectivity index (χ4n) is 2.43. The molecule has 1 fully saturated rings. The average Bonchev–Trinajstić information content (AvgIpc) is 2.16. The molecule has 1 aliphatic rings. The zero-order chi connectivity index (χ0) is 10.1. The van der Waals surface area contributed by atoms with E-state index in [0.29, 0.717) is 17.9 Å². The molecule has 1 aromatic carbocycles. The van der Waals surface area contributed by atoms with Crippen LogP contribution in [0.4, 0.5) is 0 Å². The maximum Gasteiger partial charge on any atom is 0.0130 e. The number of rotatable bonds is 2. The monoisotopic (exact) mass is 301 g/mol. The Kier molecular flexibility index (Phi) is 3.12. The molecule has 0 heterocycles. The minimum absolute atomic E-state index is 0.435. The maximum absolute atomic E-state index is 5.99. The lowest BCUT2D eigenvalue weighted by Crippen LogP contribution is -2.45. The van der Waals surface area contributed by atoms with Gasteiger partial charge in [0.1, 0.15) is 0 Å². The van der Waals surface area contributed by atoms with Crippen molar-refractivity contribution in [1.82, 2.24) is 0 Å². The largest absolute Gasteiger partial charge is 0.327 e. The second-order valence-corrected chi connectivity index (χ2v) is 5.38. The van der Waals surface area contributed by atoms with E-state index in [1.807, 2.05) is 0 Å². The highest BCUT2D eigenvalue weighted by molar-refractivity contribution is 14.1. The molecule has 0 bridgehead atoms. The lowest BCUT2D eigenvalue weighted by Gasteiger charge is -2.42. The summed E-state index contributed by atoms with van der Waals surface area (Å²) in [6, 6.07) is 9.31. The molecular weight excluding hydrogens is 285 g/mol. The van der Waals surface area contributed by atoms with Crippen molar-refractivity contribution in [3.63, 3.8) is 0 Å². The van der Waals surface area contributed by atoms with E-state index < -0.39 is 0 Å². The van der Waals surface area contributed by atoms with Crippen molar-refractivity contribution < 1.29 is 0 Å². The van der Waals surface area contributed by atoms with Gasteiger partial charge in [0.2, 0.25) is 0 Å². The first-order valence-corrected chi connectivity index (χ1v) is 6.31. The van der Waals surface area contributed by atoms with Crippen molar-refractivity contribution in [2.75, 3.05) is 0 Å². The summed E-state index contributed by atoms with van der Waals surface area (Å²) < 4.78 is 1.31. The fourth-order valence-corrected chi connectivity index (χ4v) is 2.79. The van der Waals surface area contributed by atoms with Crippen molar-refractivity contribution in [2.45, 2.75) is 31.7 Å². The van der Waals surface area contributed by atoms with Crippen LogP contribution in [-0.2, 0) is 0 Å². The smallest absolute Gasteiger partial charge is 0.0130 e. The Balaban J connectivity index is 2.13.